The van der Waals surface area contributed by atoms with Gasteiger partial charge in [-0.25, -0.2) is 4.39 Å². The zero-order valence-corrected chi connectivity index (χ0v) is 9.11. The molecule has 0 aliphatic carbocycles. The van der Waals surface area contributed by atoms with Gasteiger partial charge in [0.25, 0.3) is 0 Å². The molecule has 2 atom stereocenters. The van der Waals surface area contributed by atoms with Crippen LogP contribution in [0.4, 0.5) is 4.39 Å². The van der Waals surface area contributed by atoms with Crippen LogP contribution in [0, 0.1) is 5.82 Å². The van der Waals surface area contributed by atoms with Gasteiger partial charge in [0.05, 0.1) is 0 Å². The van der Waals surface area contributed by atoms with E-state index in [2.05, 4.69) is 15.9 Å². The van der Waals surface area contributed by atoms with E-state index in [4.69, 9.17) is 5.73 Å². The Hall–Kier alpha value is -0.980. The van der Waals surface area contributed by atoms with Crippen LogP contribution in [-0.2, 0) is 4.79 Å². The Labute approximate surface area is 93.6 Å². The first kappa shape index (κ1) is 12.1. The van der Waals surface area contributed by atoms with E-state index >= 15 is 0 Å². The van der Waals surface area contributed by atoms with Gasteiger partial charge in [-0.2, -0.15) is 0 Å². The number of primary amides is 1. The number of amides is 1. The van der Waals surface area contributed by atoms with Gasteiger partial charge in [-0.3, -0.25) is 4.79 Å². The van der Waals surface area contributed by atoms with Crippen LogP contribution < -0.4 is 5.73 Å². The van der Waals surface area contributed by atoms with E-state index in [0.717, 1.165) is 6.07 Å². The molecule has 6 heteroatoms. The Morgan fingerprint density at radius 2 is 2.07 bits per heavy atom. The zero-order chi connectivity index (χ0) is 11.6. The number of benzene rings is 1. The van der Waals surface area contributed by atoms with E-state index in [1.54, 1.807) is 0 Å². The number of hydrogen-bond donors (Lipinski definition) is 3. The predicted octanol–water partition coefficient (Wildman–Crippen LogP) is 0.468. The van der Waals surface area contributed by atoms with Gasteiger partial charge in [0, 0.05) is 10.0 Å². The molecule has 1 aromatic rings. The molecule has 0 bridgehead atoms. The van der Waals surface area contributed by atoms with Crippen LogP contribution in [0.5, 0.6) is 0 Å². The first-order chi connectivity index (χ1) is 6.95. The highest BCUT2D eigenvalue weighted by Gasteiger charge is 2.27. The van der Waals surface area contributed by atoms with Gasteiger partial charge >= 0.3 is 0 Å². The van der Waals surface area contributed by atoms with E-state index in [1.807, 2.05) is 0 Å². The maximum atomic E-state index is 13.3. The molecule has 1 rings (SSSR count). The van der Waals surface area contributed by atoms with Crippen LogP contribution in [0.1, 0.15) is 11.7 Å². The summed E-state index contributed by atoms with van der Waals surface area (Å²) >= 11 is 3.00. The van der Waals surface area contributed by atoms with E-state index in [-0.39, 0.29) is 10.0 Å². The molecule has 0 aliphatic heterocycles. The highest BCUT2D eigenvalue weighted by atomic mass is 79.9. The summed E-state index contributed by atoms with van der Waals surface area (Å²) in [6.45, 7) is 0. The summed E-state index contributed by atoms with van der Waals surface area (Å²) in [6, 6.07) is 4.01. The lowest BCUT2D eigenvalue weighted by atomic mass is 10.0. The number of aliphatic hydroxyl groups excluding tert-OH is 2. The predicted molar refractivity (Wildman–Crippen MR) is 54.3 cm³/mol. The van der Waals surface area contributed by atoms with Crippen molar-refractivity contribution in [3.63, 3.8) is 0 Å². The Balaban J connectivity index is 3.10. The maximum Gasteiger partial charge on any atom is 0.249 e. The largest absolute Gasteiger partial charge is 0.385 e. The van der Waals surface area contributed by atoms with Crippen molar-refractivity contribution in [1.29, 1.82) is 0 Å². The molecule has 82 valence electrons. The molecular formula is C9H9BrFNO3. The van der Waals surface area contributed by atoms with Crippen LogP contribution in [0.3, 0.4) is 0 Å². The molecule has 0 radical (unpaired) electrons. The van der Waals surface area contributed by atoms with Crippen molar-refractivity contribution < 1.29 is 19.4 Å². The van der Waals surface area contributed by atoms with E-state index in [9.17, 15) is 19.4 Å². The van der Waals surface area contributed by atoms with Gasteiger partial charge in [-0.05, 0) is 12.1 Å². The van der Waals surface area contributed by atoms with Crippen LogP contribution in [0.2, 0.25) is 0 Å². The number of nitrogens with two attached hydrogens (primary N) is 1. The lowest BCUT2D eigenvalue weighted by Gasteiger charge is -2.17. The fourth-order valence-corrected chi connectivity index (χ4v) is 1.68. The lowest BCUT2D eigenvalue weighted by molar-refractivity contribution is -0.132. The monoisotopic (exact) mass is 277 g/mol. The highest BCUT2D eigenvalue weighted by Crippen LogP contribution is 2.28. The van der Waals surface area contributed by atoms with E-state index < -0.39 is 23.9 Å². The minimum atomic E-state index is -1.84. The molecule has 0 saturated heterocycles. The van der Waals surface area contributed by atoms with Gasteiger partial charge in [-0.15, -0.1) is 0 Å². The van der Waals surface area contributed by atoms with Crippen molar-refractivity contribution >= 4 is 21.8 Å². The van der Waals surface area contributed by atoms with Gasteiger partial charge in [0.15, 0.2) is 6.10 Å². The fourth-order valence-electron chi connectivity index (χ4n) is 1.11. The molecule has 0 saturated carbocycles. The molecule has 0 aromatic heterocycles. The summed E-state index contributed by atoms with van der Waals surface area (Å²) in [6.07, 6.45) is -3.52. The third-order valence-corrected chi connectivity index (χ3v) is 2.58. The lowest BCUT2D eigenvalue weighted by Crippen LogP contribution is -2.34. The second kappa shape index (κ2) is 4.69. The Kier molecular flexibility index (Phi) is 3.78. The quantitative estimate of drug-likeness (QED) is 0.751. The van der Waals surface area contributed by atoms with E-state index in [1.165, 1.54) is 12.1 Å². The standard InChI is InChI=1S/C9H9BrFNO3/c10-4-2-1-3-5(11)6(4)7(13)8(14)9(12)15/h1-3,7-8,13-14H,(H2,12,15). The minimum absolute atomic E-state index is 0.191. The number of aliphatic hydroxyl groups is 2. The van der Waals surface area contributed by atoms with Gasteiger partial charge < -0.3 is 15.9 Å². The van der Waals surface area contributed by atoms with Crippen LogP contribution in [0.25, 0.3) is 0 Å². The number of halogens is 2. The molecule has 0 spiro atoms. The number of carbonyl (C=O) groups excluding carboxylic acids is 1. The smallest absolute Gasteiger partial charge is 0.249 e. The van der Waals surface area contributed by atoms with Gasteiger partial charge in [0.1, 0.15) is 11.9 Å². The average Bonchev–Trinajstić information content (AvgIpc) is 2.15. The molecule has 1 amide bonds. The summed E-state index contributed by atoms with van der Waals surface area (Å²) in [5, 5.41) is 18.7. The second-order valence-corrected chi connectivity index (χ2v) is 3.78. The van der Waals surface area contributed by atoms with Crippen molar-refractivity contribution in [1.82, 2.24) is 0 Å². The number of rotatable bonds is 3. The zero-order valence-electron chi connectivity index (χ0n) is 7.52. The van der Waals surface area contributed by atoms with Crippen LogP contribution in [-0.4, -0.2) is 22.2 Å². The normalized spacial score (nSPS) is 14.7. The summed E-state index contributed by atoms with van der Waals surface area (Å²) in [4.78, 5) is 10.6. The highest BCUT2D eigenvalue weighted by molar-refractivity contribution is 9.10. The van der Waals surface area contributed by atoms with Crippen LogP contribution in [0.15, 0.2) is 22.7 Å². The third-order valence-electron chi connectivity index (χ3n) is 1.89. The first-order valence-electron chi connectivity index (χ1n) is 4.04. The Bertz CT molecular complexity index is 365. The fraction of sp³-hybridized carbons (Fsp3) is 0.222. The molecule has 4 N–H and O–H groups in total. The van der Waals surface area contributed by atoms with Gasteiger partial charge in [-0.1, -0.05) is 22.0 Å². The minimum Gasteiger partial charge on any atom is -0.385 e. The summed E-state index contributed by atoms with van der Waals surface area (Å²) in [5.74, 6) is -1.84. The summed E-state index contributed by atoms with van der Waals surface area (Å²) < 4.78 is 13.5. The third kappa shape index (κ3) is 2.53. The van der Waals surface area contributed by atoms with Crippen molar-refractivity contribution in [3.8, 4) is 0 Å². The van der Waals surface area contributed by atoms with E-state index in [0.29, 0.717) is 0 Å². The SMILES string of the molecule is NC(=O)C(O)C(O)c1c(F)cccc1Br. The molecule has 0 fully saturated rings. The summed E-state index contributed by atoms with van der Waals surface area (Å²) in [5.41, 5.74) is 4.60. The van der Waals surface area contributed by atoms with Crippen molar-refractivity contribution in [2.24, 2.45) is 5.73 Å². The number of carbonyl (C=O) groups is 1. The van der Waals surface area contributed by atoms with Crippen molar-refractivity contribution in [2.45, 2.75) is 12.2 Å². The molecule has 0 heterocycles. The number of hydrogen-bond acceptors (Lipinski definition) is 3. The maximum absolute atomic E-state index is 13.3. The average molecular weight is 278 g/mol. The molecule has 15 heavy (non-hydrogen) atoms. The van der Waals surface area contributed by atoms with Crippen LogP contribution >= 0.6 is 15.9 Å². The Morgan fingerprint density at radius 3 is 2.53 bits per heavy atom. The van der Waals surface area contributed by atoms with Crippen molar-refractivity contribution in [2.75, 3.05) is 0 Å². The molecule has 1 aromatic carbocycles. The first-order valence-corrected chi connectivity index (χ1v) is 4.83. The summed E-state index contributed by atoms with van der Waals surface area (Å²) in [7, 11) is 0. The van der Waals surface area contributed by atoms with Gasteiger partial charge in [0.2, 0.25) is 5.91 Å². The molecule has 0 aliphatic rings. The topological polar surface area (TPSA) is 83.6 Å². The second-order valence-electron chi connectivity index (χ2n) is 2.93. The van der Waals surface area contributed by atoms with Crippen molar-refractivity contribution in [3.05, 3.63) is 34.1 Å². The molecule has 4 nitrogen and oxygen atoms in total. The Morgan fingerprint density at radius 1 is 1.47 bits per heavy atom. The molecule has 2 unspecified atom stereocenters. The molecular weight excluding hydrogens is 269 g/mol.